The molecule has 1 atom stereocenters. The maximum atomic E-state index is 12.6. The van der Waals surface area contributed by atoms with Crippen LogP contribution in [0.15, 0.2) is 30.3 Å². The van der Waals surface area contributed by atoms with Crippen LogP contribution in [0.25, 0.3) is 0 Å². The molecule has 0 aliphatic carbocycles. The maximum Gasteiger partial charge on any atom is 0.261 e. The smallest absolute Gasteiger partial charge is 0.261 e. The highest BCUT2D eigenvalue weighted by atomic mass is 16.5. The third-order valence-electron chi connectivity index (χ3n) is 3.82. The fraction of sp³-hybridized carbons (Fsp3) is 0.333. The standard InChI is InChI=1S/C18H20N2O4/c1-3-23-18-13(8-7-11(2)19-18)17(22)20-14-6-4-5-12-15(21)9-10-24-16(12)14/h4-8,15,21H,3,9-10H2,1-2H3,(H,20,22)/t15-/m0/s1. The van der Waals surface area contributed by atoms with Gasteiger partial charge >= 0.3 is 0 Å². The Labute approximate surface area is 140 Å². The molecule has 1 aliphatic rings. The molecule has 6 nitrogen and oxygen atoms in total. The summed E-state index contributed by atoms with van der Waals surface area (Å²) in [7, 11) is 0. The summed E-state index contributed by atoms with van der Waals surface area (Å²) in [4.78, 5) is 16.9. The number of amides is 1. The second-order valence-electron chi connectivity index (χ2n) is 5.57. The van der Waals surface area contributed by atoms with Crippen molar-refractivity contribution in [1.82, 2.24) is 4.98 Å². The molecule has 2 heterocycles. The molecule has 24 heavy (non-hydrogen) atoms. The summed E-state index contributed by atoms with van der Waals surface area (Å²) in [6, 6.07) is 8.78. The van der Waals surface area contributed by atoms with Gasteiger partial charge in [0, 0.05) is 17.7 Å². The van der Waals surface area contributed by atoms with E-state index in [1.165, 1.54) is 0 Å². The monoisotopic (exact) mass is 328 g/mol. The Kier molecular flexibility index (Phi) is 4.66. The van der Waals surface area contributed by atoms with Gasteiger partial charge in [0.15, 0.2) is 0 Å². The molecule has 0 saturated carbocycles. The number of fused-ring (bicyclic) bond motifs is 1. The minimum Gasteiger partial charge on any atom is -0.491 e. The zero-order valence-electron chi connectivity index (χ0n) is 13.7. The first-order valence-electron chi connectivity index (χ1n) is 7.95. The van der Waals surface area contributed by atoms with Crippen molar-refractivity contribution in [2.24, 2.45) is 0 Å². The molecule has 0 fully saturated rings. The molecule has 6 heteroatoms. The summed E-state index contributed by atoms with van der Waals surface area (Å²) in [6.07, 6.45) is -0.0357. The van der Waals surface area contributed by atoms with Crippen molar-refractivity contribution in [2.45, 2.75) is 26.4 Å². The minimum absolute atomic E-state index is 0.306. The number of rotatable bonds is 4. The van der Waals surface area contributed by atoms with Gasteiger partial charge < -0.3 is 19.9 Å². The molecular formula is C18H20N2O4. The largest absolute Gasteiger partial charge is 0.491 e. The number of hydrogen-bond donors (Lipinski definition) is 2. The molecule has 1 amide bonds. The Morgan fingerprint density at radius 2 is 2.25 bits per heavy atom. The molecular weight excluding hydrogens is 308 g/mol. The van der Waals surface area contributed by atoms with E-state index in [2.05, 4.69) is 10.3 Å². The predicted octanol–water partition coefficient (Wildman–Crippen LogP) is 2.86. The van der Waals surface area contributed by atoms with Gasteiger partial charge in [0.05, 0.1) is 25.0 Å². The molecule has 1 aliphatic heterocycles. The zero-order chi connectivity index (χ0) is 17.1. The van der Waals surface area contributed by atoms with Crippen LogP contribution in [0.2, 0.25) is 0 Å². The molecule has 0 spiro atoms. The molecule has 3 rings (SSSR count). The lowest BCUT2D eigenvalue weighted by Crippen LogP contribution is -2.19. The van der Waals surface area contributed by atoms with Crippen molar-refractivity contribution in [3.05, 3.63) is 47.2 Å². The van der Waals surface area contributed by atoms with E-state index in [1.54, 1.807) is 30.3 Å². The highest BCUT2D eigenvalue weighted by Crippen LogP contribution is 2.38. The van der Waals surface area contributed by atoms with E-state index in [1.807, 2.05) is 13.8 Å². The van der Waals surface area contributed by atoms with E-state index in [9.17, 15) is 9.90 Å². The van der Waals surface area contributed by atoms with E-state index in [-0.39, 0.29) is 5.91 Å². The van der Waals surface area contributed by atoms with Gasteiger partial charge in [0.1, 0.15) is 11.3 Å². The van der Waals surface area contributed by atoms with Crippen LogP contribution in [0.4, 0.5) is 5.69 Å². The fourth-order valence-corrected chi connectivity index (χ4v) is 2.65. The zero-order valence-corrected chi connectivity index (χ0v) is 13.7. The Hall–Kier alpha value is -2.60. The van der Waals surface area contributed by atoms with E-state index in [0.29, 0.717) is 48.1 Å². The number of aromatic nitrogens is 1. The molecule has 0 saturated heterocycles. The number of anilines is 1. The summed E-state index contributed by atoms with van der Waals surface area (Å²) in [5.74, 6) is 0.492. The predicted molar refractivity (Wildman–Crippen MR) is 89.6 cm³/mol. The number of ether oxygens (including phenoxy) is 2. The Balaban J connectivity index is 1.90. The first-order chi connectivity index (χ1) is 11.6. The molecule has 0 bridgehead atoms. The fourth-order valence-electron chi connectivity index (χ4n) is 2.65. The number of hydrogen-bond acceptors (Lipinski definition) is 5. The van der Waals surface area contributed by atoms with Gasteiger partial charge in [0.2, 0.25) is 5.88 Å². The van der Waals surface area contributed by atoms with Gasteiger partial charge in [-0.25, -0.2) is 4.98 Å². The number of nitrogens with zero attached hydrogens (tertiary/aromatic N) is 1. The SMILES string of the molecule is CCOc1nc(C)ccc1C(=O)Nc1cccc2c1OCC[C@@H]2O. The minimum atomic E-state index is -0.578. The first-order valence-corrected chi connectivity index (χ1v) is 7.95. The number of carbonyl (C=O) groups excluding carboxylic acids is 1. The van der Waals surface area contributed by atoms with Crippen LogP contribution in [0.5, 0.6) is 11.6 Å². The van der Waals surface area contributed by atoms with Gasteiger partial charge in [-0.3, -0.25) is 4.79 Å². The van der Waals surface area contributed by atoms with Crippen molar-refractivity contribution in [3.8, 4) is 11.6 Å². The number of benzene rings is 1. The molecule has 0 radical (unpaired) electrons. The number of pyridine rings is 1. The highest BCUT2D eigenvalue weighted by molar-refractivity contribution is 6.06. The van der Waals surface area contributed by atoms with Gasteiger partial charge in [-0.1, -0.05) is 12.1 Å². The van der Waals surface area contributed by atoms with E-state index in [0.717, 1.165) is 5.69 Å². The van der Waals surface area contributed by atoms with E-state index in [4.69, 9.17) is 9.47 Å². The second-order valence-corrected chi connectivity index (χ2v) is 5.57. The summed E-state index contributed by atoms with van der Waals surface area (Å²) in [5, 5.41) is 12.9. The van der Waals surface area contributed by atoms with Crippen molar-refractivity contribution < 1.29 is 19.4 Å². The third kappa shape index (κ3) is 3.19. The molecule has 0 unspecified atom stereocenters. The van der Waals surface area contributed by atoms with Crippen molar-refractivity contribution in [2.75, 3.05) is 18.5 Å². The number of aliphatic hydroxyl groups excluding tert-OH is 1. The summed E-state index contributed by atoms with van der Waals surface area (Å²) in [5.41, 5.74) is 2.35. The quantitative estimate of drug-likeness (QED) is 0.902. The topological polar surface area (TPSA) is 80.7 Å². The van der Waals surface area contributed by atoms with Gasteiger partial charge in [-0.05, 0) is 32.0 Å². The highest BCUT2D eigenvalue weighted by Gasteiger charge is 2.23. The van der Waals surface area contributed by atoms with Crippen molar-refractivity contribution >= 4 is 11.6 Å². The number of nitrogens with one attached hydrogen (secondary N) is 1. The van der Waals surface area contributed by atoms with Gasteiger partial charge in [-0.15, -0.1) is 0 Å². The first kappa shape index (κ1) is 16.3. The third-order valence-corrected chi connectivity index (χ3v) is 3.82. The average molecular weight is 328 g/mol. The maximum absolute atomic E-state index is 12.6. The Morgan fingerprint density at radius 1 is 1.42 bits per heavy atom. The van der Waals surface area contributed by atoms with Gasteiger partial charge in [0.25, 0.3) is 5.91 Å². The Bertz CT molecular complexity index is 761. The van der Waals surface area contributed by atoms with Crippen LogP contribution < -0.4 is 14.8 Å². The van der Waals surface area contributed by atoms with Gasteiger partial charge in [-0.2, -0.15) is 0 Å². The number of para-hydroxylation sites is 1. The molecule has 1 aromatic carbocycles. The second kappa shape index (κ2) is 6.88. The van der Waals surface area contributed by atoms with Crippen LogP contribution in [0.1, 0.15) is 41.1 Å². The van der Waals surface area contributed by atoms with E-state index >= 15 is 0 Å². The number of aryl methyl sites for hydroxylation is 1. The lowest BCUT2D eigenvalue weighted by molar-refractivity contribution is 0.101. The van der Waals surface area contributed by atoms with Crippen LogP contribution in [-0.4, -0.2) is 29.2 Å². The lowest BCUT2D eigenvalue weighted by Gasteiger charge is -2.24. The lowest BCUT2D eigenvalue weighted by atomic mass is 10.0. The summed E-state index contributed by atoms with van der Waals surface area (Å²) in [6.45, 7) is 4.52. The Morgan fingerprint density at radius 3 is 3.04 bits per heavy atom. The van der Waals surface area contributed by atoms with Crippen molar-refractivity contribution in [3.63, 3.8) is 0 Å². The molecule has 2 N–H and O–H groups in total. The molecule has 1 aromatic heterocycles. The number of aliphatic hydroxyl groups is 1. The normalized spacial score (nSPS) is 16.0. The van der Waals surface area contributed by atoms with Crippen LogP contribution in [-0.2, 0) is 0 Å². The summed E-state index contributed by atoms with van der Waals surface area (Å²) < 4.78 is 11.1. The average Bonchev–Trinajstić information content (AvgIpc) is 2.56. The molecule has 2 aromatic rings. The van der Waals surface area contributed by atoms with E-state index < -0.39 is 6.10 Å². The van der Waals surface area contributed by atoms with Crippen LogP contribution >= 0.6 is 0 Å². The van der Waals surface area contributed by atoms with Crippen LogP contribution in [0.3, 0.4) is 0 Å². The van der Waals surface area contributed by atoms with Crippen molar-refractivity contribution in [1.29, 1.82) is 0 Å². The number of carbonyl (C=O) groups is 1. The van der Waals surface area contributed by atoms with Crippen LogP contribution in [0, 0.1) is 6.92 Å². The summed E-state index contributed by atoms with van der Waals surface area (Å²) >= 11 is 0. The molecule has 126 valence electrons.